The summed E-state index contributed by atoms with van der Waals surface area (Å²) < 4.78 is 0. The molecule has 10 heavy (non-hydrogen) atoms. The van der Waals surface area contributed by atoms with Crippen molar-refractivity contribution in [2.45, 2.75) is 34.1 Å². The summed E-state index contributed by atoms with van der Waals surface area (Å²) >= 11 is 0. The van der Waals surface area contributed by atoms with E-state index >= 15 is 0 Å². The molecule has 0 heterocycles. The highest BCUT2D eigenvalue weighted by Crippen LogP contribution is 2.13. The highest BCUT2D eigenvalue weighted by molar-refractivity contribution is 5.78. The molecule has 1 heteroatoms. The van der Waals surface area contributed by atoms with Crippen LogP contribution in [0.2, 0.25) is 0 Å². The molecule has 0 atom stereocenters. The third-order valence-electron chi connectivity index (χ3n) is 1.57. The Labute approximate surface area is 63.1 Å². The topological polar surface area (TPSA) is 17.1 Å². The Morgan fingerprint density at radius 2 is 2.00 bits per heavy atom. The van der Waals surface area contributed by atoms with Crippen LogP contribution in [0.25, 0.3) is 0 Å². The third-order valence-corrected chi connectivity index (χ3v) is 1.57. The lowest BCUT2D eigenvalue weighted by atomic mass is 9.98. The SMILES string of the molecule is C/C=C(/CC(C)=O)C(C)C. The lowest BCUT2D eigenvalue weighted by Crippen LogP contribution is -1.99. The van der Waals surface area contributed by atoms with Crippen LogP contribution < -0.4 is 0 Å². The first-order chi connectivity index (χ1) is 4.57. The molecule has 0 saturated carbocycles. The van der Waals surface area contributed by atoms with Crippen molar-refractivity contribution in [2.75, 3.05) is 0 Å². The van der Waals surface area contributed by atoms with Crippen LogP contribution in [0.15, 0.2) is 11.6 Å². The van der Waals surface area contributed by atoms with E-state index in [1.807, 2.05) is 13.0 Å². The molecule has 0 unspecified atom stereocenters. The van der Waals surface area contributed by atoms with Crippen molar-refractivity contribution in [2.24, 2.45) is 5.92 Å². The van der Waals surface area contributed by atoms with Crippen LogP contribution in [-0.4, -0.2) is 5.78 Å². The second-order valence-corrected chi connectivity index (χ2v) is 2.90. The molecule has 0 fully saturated rings. The van der Waals surface area contributed by atoms with Crippen LogP contribution in [0.4, 0.5) is 0 Å². The fourth-order valence-corrected chi connectivity index (χ4v) is 0.927. The van der Waals surface area contributed by atoms with E-state index in [0.29, 0.717) is 12.3 Å². The van der Waals surface area contributed by atoms with Gasteiger partial charge in [0.05, 0.1) is 0 Å². The molecule has 1 nitrogen and oxygen atoms in total. The Morgan fingerprint density at radius 3 is 2.10 bits per heavy atom. The second kappa shape index (κ2) is 4.26. The zero-order valence-corrected chi connectivity index (χ0v) is 7.27. The highest BCUT2D eigenvalue weighted by atomic mass is 16.1. The molecule has 0 N–H and O–H groups in total. The van der Waals surface area contributed by atoms with Gasteiger partial charge in [0, 0.05) is 6.42 Å². The summed E-state index contributed by atoms with van der Waals surface area (Å²) in [4.78, 5) is 10.7. The summed E-state index contributed by atoms with van der Waals surface area (Å²) in [5.74, 6) is 0.760. The van der Waals surface area contributed by atoms with Gasteiger partial charge in [-0.25, -0.2) is 0 Å². The number of Topliss-reactive ketones (excluding diaryl/α,β-unsaturated/α-hetero) is 1. The minimum absolute atomic E-state index is 0.252. The minimum atomic E-state index is 0.252. The standard InChI is InChI=1S/C9H16O/c1-5-9(7(2)3)6-8(4)10/h5,7H,6H2,1-4H3/b9-5-. The summed E-state index contributed by atoms with van der Waals surface area (Å²) in [7, 11) is 0. The van der Waals surface area contributed by atoms with Gasteiger partial charge in [-0.05, 0) is 19.8 Å². The van der Waals surface area contributed by atoms with Gasteiger partial charge >= 0.3 is 0 Å². The predicted octanol–water partition coefficient (Wildman–Crippen LogP) is 2.57. The summed E-state index contributed by atoms with van der Waals surface area (Å²) in [5, 5.41) is 0. The van der Waals surface area contributed by atoms with E-state index < -0.39 is 0 Å². The number of rotatable bonds is 3. The maximum absolute atomic E-state index is 10.7. The van der Waals surface area contributed by atoms with Gasteiger partial charge in [-0.3, -0.25) is 4.79 Å². The van der Waals surface area contributed by atoms with Gasteiger partial charge in [-0.1, -0.05) is 25.5 Å². The van der Waals surface area contributed by atoms with Crippen molar-refractivity contribution in [3.8, 4) is 0 Å². The lowest BCUT2D eigenvalue weighted by Gasteiger charge is -2.07. The zero-order valence-electron chi connectivity index (χ0n) is 7.27. The monoisotopic (exact) mass is 140 g/mol. The molecule has 0 aliphatic rings. The molecule has 0 aromatic rings. The first kappa shape index (κ1) is 9.41. The van der Waals surface area contributed by atoms with Gasteiger partial charge in [0.2, 0.25) is 0 Å². The zero-order chi connectivity index (χ0) is 8.15. The Kier molecular flexibility index (Phi) is 4.01. The molecule has 0 spiro atoms. The second-order valence-electron chi connectivity index (χ2n) is 2.90. The fourth-order valence-electron chi connectivity index (χ4n) is 0.927. The van der Waals surface area contributed by atoms with E-state index in [1.54, 1.807) is 6.92 Å². The quantitative estimate of drug-likeness (QED) is 0.551. The summed E-state index contributed by atoms with van der Waals surface area (Å²) in [6.07, 6.45) is 2.65. The Morgan fingerprint density at radius 1 is 1.50 bits per heavy atom. The number of carbonyl (C=O) groups excluding carboxylic acids is 1. The third kappa shape index (κ3) is 3.44. The lowest BCUT2D eigenvalue weighted by molar-refractivity contribution is -0.116. The van der Waals surface area contributed by atoms with Gasteiger partial charge in [0.1, 0.15) is 5.78 Å². The van der Waals surface area contributed by atoms with Crippen LogP contribution in [-0.2, 0) is 4.79 Å². The van der Waals surface area contributed by atoms with Gasteiger partial charge in [-0.2, -0.15) is 0 Å². The largest absolute Gasteiger partial charge is 0.300 e. The van der Waals surface area contributed by atoms with Gasteiger partial charge < -0.3 is 0 Å². The van der Waals surface area contributed by atoms with E-state index in [9.17, 15) is 4.79 Å². The molecule has 0 aliphatic heterocycles. The summed E-state index contributed by atoms with van der Waals surface area (Å²) in [5.41, 5.74) is 1.24. The van der Waals surface area contributed by atoms with Gasteiger partial charge in [-0.15, -0.1) is 0 Å². The van der Waals surface area contributed by atoms with Crippen LogP contribution >= 0.6 is 0 Å². The fraction of sp³-hybridized carbons (Fsp3) is 0.667. The van der Waals surface area contributed by atoms with Crippen molar-refractivity contribution in [1.82, 2.24) is 0 Å². The van der Waals surface area contributed by atoms with Crippen LogP contribution in [0.5, 0.6) is 0 Å². The average Bonchev–Trinajstić information content (AvgIpc) is 1.81. The van der Waals surface area contributed by atoms with Crippen molar-refractivity contribution in [3.05, 3.63) is 11.6 Å². The molecular formula is C9H16O. The molecule has 58 valence electrons. The van der Waals surface area contributed by atoms with Crippen LogP contribution in [0, 0.1) is 5.92 Å². The minimum Gasteiger partial charge on any atom is -0.300 e. The number of allylic oxidation sites excluding steroid dienone is 2. The number of hydrogen-bond donors (Lipinski definition) is 0. The van der Waals surface area contributed by atoms with E-state index in [4.69, 9.17) is 0 Å². The maximum Gasteiger partial charge on any atom is 0.133 e. The number of ketones is 1. The van der Waals surface area contributed by atoms with Crippen LogP contribution in [0.3, 0.4) is 0 Å². The first-order valence-corrected chi connectivity index (χ1v) is 3.72. The molecule has 0 saturated heterocycles. The molecule has 0 bridgehead atoms. The normalized spacial score (nSPS) is 12.3. The van der Waals surface area contributed by atoms with E-state index in [-0.39, 0.29) is 5.78 Å². The Bertz CT molecular complexity index is 143. The molecule has 0 aliphatic carbocycles. The summed E-state index contributed by atoms with van der Waals surface area (Å²) in [6, 6.07) is 0. The Balaban J connectivity index is 3.99. The predicted molar refractivity (Wildman–Crippen MR) is 43.9 cm³/mol. The van der Waals surface area contributed by atoms with Gasteiger partial charge in [0.25, 0.3) is 0 Å². The molecule has 0 rings (SSSR count). The molecule has 0 radical (unpaired) electrons. The number of hydrogen-bond acceptors (Lipinski definition) is 1. The Hall–Kier alpha value is -0.590. The first-order valence-electron chi connectivity index (χ1n) is 3.72. The smallest absolute Gasteiger partial charge is 0.133 e. The van der Waals surface area contributed by atoms with Crippen molar-refractivity contribution in [1.29, 1.82) is 0 Å². The number of carbonyl (C=O) groups is 1. The van der Waals surface area contributed by atoms with Crippen LogP contribution in [0.1, 0.15) is 34.1 Å². The van der Waals surface area contributed by atoms with Crippen molar-refractivity contribution in [3.63, 3.8) is 0 Å². The van der Waals surface area contributed by atoms with Crippen molar-refractivity contribution < 1.29 is 4.79 Å². The van der Waals surface area contributed by atoms with Gasteiger partial charge in [0.15, 0.2) is 0 Å². The average molecular weight is 140 g/mol. The van der Waals surface area contributed by atoms with Crippen molar-refractivity contribution >= 4 is 5.78 Å². The molecule has 0 aromatic heterocycles. The molecule has 0 aromatic carbocycles. The van der Waals surface area contributed by atoms with E-state index in [2.05, 4.69) is 13.8 Å². The molecular weight excluding hydrogens is 124 g/mol. The van der Waals surface area contributed by atoms with E-state index in [0.717, 1.165) is 0 Å². The molecule has 0 amide bonds. The maximum atomic E-state index is 10.7. The van der Waals surface area contributed by atoms with E-state index in [1.165, 1.54) is 5.57 Å². The highest BCUT2D eigenvalue weighted by Gasteiger charge is 2.03. The summed E-state index contributed by atoms with van der Waals surface area (Å²) in [6.45, 7) is 7.83.